The van der Waals surface area contributed by atoms with Crippen molar-refractivity contribution in [2.75, 3.05) is 13.3 Å². The molecule has 1 unspecified atom stereocenters. The summed E-state index contributed by atoms with van der Waals surface area (Å²) in [5.41, 5.74) is 7.66. The summed E-state index contributed by atoms with van der Waals surface area (Å²) in [5.74, 6) is 0. The summed E-state index contributed by atoms with van der Waals surface area (Å²) in [5, 5.41) is 8.82. The van der Waals surface area contributed by atoms with Gasteiger partial charge in [0.2, 0.25) is 0 Å². The standard InChI is InChI=1S/C11H16FNO/c12-7-1-2-9-3-5-10(6-4-9)11(13)8-14/h3-6,11,14H,1-2,7-8,13H2. The summed E-state index contributed by atoms with van der Waals surface area (Å²) in [6, 6.07) is 7.31. The Kier molecular flexibility index (Phi) is 4.56. The van der Waals surface area contributed by atoms with Crippen molar-refractivity contribution in [2.45, 2.75) is 18.9 Å². The van der Waals surface area contributed by atoms with Crippen LogP contribution in [0.5, 0.6) is 0 Å². The third-order valence-electron chi connectivity index (χ3n) is 2.20. The van der Waals surface area contributed by atoms with Gasteiger partial charge in [0.25, 0.3) is 0 Å². The molecule has 0 spiro atoms. The minimum atomic E-state index is -0.315. The second kappa shape index (κ2) is 5.73. The maximum absolute atomic E-state index is 11.9. The van der Waals surface area contributed by atoms with Gasteiger partial charge in [-0.25, -0.2) is 0 Å². The minimum Gasteiger partial charge on any atom is -0.394 e. The number of benzene rings is 1. The van der Waals surface area contributed by atoms with Gasteiger partial charge in [0.1, 0.15) is 0 Å². The number of rotatable bonds is 5. The van der Waals surface area contributed by atoms with Crippen LogP contribution in [0.4, 0.5) is 4.39 Å². The maximum atomic E-state index is 11.9. The van der Waals surface area contributed by atoms with Crippen LogP contribution >= 0.6 is 0 Å². The molecule has 1 aromatic rings. The van der Waals surface area contributed by atoms with Gasteiger partial charge in [0, 0.05) is 0 Å². The van der Waals surface area contributed by atoms with E-state index >= 15 is 0 Å². The van der Waals surface area contributed by atoms with Gasteiger partial charge >= 0.3 is 0 Å². The van der Waals surface area contributed by atoms with Crippen molar-refractivity contribution in [3.63, 3.8) is 0 Å². The van der Waals surface area contributed by atoms with Gasteiger partial charge < -0.3 is 10.8 Å². The Hall–Kier alpha value is -0.930. The van der Waals surface area contributed by atoms with Crippen molar-refractivity contribution < 1.29 is 9.50 Å². The van der Waals surface area contributed by atoms with Crippen LogP contribution in [0.25, 0.3) is 0 Å². The second-order valence-corrected chi connectivity index (χ2v) is 3.32. The lowest BCUT2D eigenvalue weighted by molar-refractivity contribution is 0.268. The van der Waals surface area contributed by atoms with Crippen LogP contribution < -0.4 is 5.73 Å². The lowest BCUT2D eigenvalue weighted by atomic mass is 10.0. The lowest BCUT2D eigenvalue weighted by Crippen LogP contribution is -2.14. The molecule has 3 heteroatoms. The fraction of sp³-hybridized carbons (Fsp3) is 0.455. The van der Waals surface area contributed by atoms with Crippen LogP contribution in [0, 0.1) is 0 Å². The van der Waals surface area contributed by atoms with Crippen LogP contribution in [-0.4, -0.2) is 18.4 Å². The average Bonchev–Trinajstić information content (AvgIpc) is 2.26. The number of aliphatic hydroxyl groups is 1. The highest BCUT2D eigenvalue weighted by atomic mass is 19.1. The van der Waals surface area contributed by atoms with E-state index in [0.29, 0.717) is 6.42 Å². The van der Waals surface area contributed by atoms with E-state index in [1.807, 2.05) is 24.3 Å². The van der Waals surface area contributed by atoms with E-state index in [4.69, 9.17) is 10.8 Å². The molecule has 0 aliphatic rings. The highest BCUT2D eigenvalue weighted by molar-refractivity contribution is 5.24. The summed E-state index contributed by atoms with van der Waals surface area (Å²) in [4.78, 5) is 0. The summed E-state index contributed by atoms with van der Waals surface area (Å²) in [7, 11) is 0. The van der Waals surface area contributed by atoms with Gasteiger partial charge in [-0.3, -0.25) is 4.39 Å². The summed E-state index contributed by atoms with van der Waals surface area (Å²) in [6.45, 7) is -0.332. The Morgan fingerprint density at radius 2 is 1.93 bits per heavy atom. The monoisotopic (exact) mass is 197 g/mol. The van der Waals surface area contributed by atoms with Gasteiger partial charge in [0.15, 0.2) is 0 Å². The molecule has 1 atom stereocenters. The van der Waals surface area contributed by atoms with E-state index in [0.717, 1.165) is 17.5 Å². The molecule has 78 valence electrons. The van der Waals surface area contributed by atoms with Crippen molar-refractivity contribution in [1.82, 2.24) is 0 Å². The van der Waals surface area contributed by atoms with Crippen LogP contribution in [0.2, 0.25) is 0 Å². The zero-order valence-corrected chi connectivity index (χ0v) is 8.12. The highest BCUT2D eigenvalue weighted by Crippen LogP contribution is 2.12. The quantitative estimate of drug-likeness (QED) is 0.752. The molecule has 0 saturated carbocycles. The van der Waals surface area contributed by atoms with E-state index in [1.165, 1.54) is 0 Å². The predicted octanol–water partition coefficient (Wildman–Crippen LogP) is 1.58. The molecule has 0 bridgehead atoms. The van der Waals surface area contributed by atoms with E-state index in [1.54, 1.807) is 0 Å². The van der Waals surface area contributed by atoms with Gasteiger partial charge in [-0.2, -0.15) is 0 Å². The van der Waals surface area contributed by atoms with Crippen molar-refractivity contribution in [3.8, 4) is 0 Å². The Labute approximate surface area is 83.6 Å². The molecule has 0 saturated heterocycles. The van der Waals surface area contributed by atoms with E-state index in [9.17, 15) is 4.39 Å². The van der Waals surface area contributed by atoms with Crippen LogP contribution in [-0.2, 0) is 6.42 Å². The molecule has 0 aromatic heterocycles. The molecule has 0 amide bonds. The van der Waals surface area contributed by atoms with E-state index in [-0.39, 0.29) is 19.3 Å². The molecule has 1 rings (SSSR count). The number of aliphatic hydroxyl groups excluding tert-OH is 1. The molecular weight excluding hydrogens is 181 g/mol. The predicted molar refractivity (Wildman–Crippen MR) is 54.8 cm³/mol. The van der Waals surface area contributed by atoms with E-state index in [2.05, 4.69) is 0 Å². The van der Waals surface area contributed by atoms with Crippen LogP contribution in [0.3, 0.4) is 0 Å². The fourth-order valence-corrected chi connectivity index (χ4v) is 1.31. The number of hydrogen-bond donors (Lipinski definition) is 2. The Balaban J connectivity index is 2.59. The zero-order chi connectivity index (χ0) is 10.4. The third kappa shape index (κ3) is 3.09. The number of halogens is 1. The molecule has 0 heterocycles. The molecule has 2 nitrogen and oxygen atoms in total. The molecule has 0 aliphatic heterocycles. The van der Waals surface area contributed by atoms with Crippen molar-refractivity contribution in [1.29, 1.82) is 0 Å². The lowest BCUT2D eigenvalue weighted by Gasteiger charge is -2.08. The summed E-state index contributed by atoms with van der Waals surface area (Å²) in [6.07, 6.45) is 1.32. The summed E-state index contributed by atoms with van der Waals surface area (Å²) < 4.78 is 11.9. The van der Waals surface area contributed by atoms with Crippen LogP contribution in [0.15, 0.2) is 24.3 Å². The molecule has 3 N–H and O–H groups in total. The number of alkyl halides is 1. The zero-order valence-electron chi connectivity index (χ0n) is 8.12. The molecule has 0 aliphatic carbocycles. The fourth-order valence-electron chi connectivity index (χ4n) is 1.31. The highest BCUT2D eigenvalue weighted by Gasteiger charge is 2.03. The largest absolute Gasteiger partial charge is 0.394 e. The number of hydrogen-bond acceptors (Lipinski definition) is 2. The number of nitrogens with two attached hydrogens (primary N) is 1. The van der Waals surface area contributed by atoms with Gasteiger partial charge in [-0.05, 0) is 24.0 Å². The average molecular weight is 197 g/mol. The minimum absolute atomic E-state index is 0.0518. The van der Waals surface area contributed by atoms with E-state index < -0.39 is 0 Å². The SMILES string of the molecule is NC(CO)c1ccc(CCCF)cc1. The maximum Gasteiger partial charge on any atom is 0.0897 e. The first-order valence-corrected chi connectivity index (χ1v) is 4.79. The second-order valence-electron chi connectivity index (χ2n) is 3.32. The third-order valence-corrected chi connectivity index (χ3v) is 2.20. The first-order chi connectivity index (χ1) is 6.77. The van der Waals surface area contributed by atoms with Crippen molar-refractivity contribution in [2.24, 2.45) is 5.73 Å². The Morgan fingerprint density at radius 1 is 1.29 bits per heavy atom. The van der Waals surface area contributed by atoms with Gasteiger partial charge in [-0.1, -0.05) is 24.3 Å². The topological polar surface area (TPSA) is 46.2 Å². The Bertz CT molecular complexity index is 260. The van der Waals surface area contributed by atoms with Crippen molar-refractivity contribution in [3.05, 3.63) is 35.4 Å². The van der Waals surface area contributed by atoms with Crippen LogP contribution in [0.1, 0.15) is 23.6 Å². The first-order valence-electron chi connectivity index (χ1n) is 4.79. The van der Waals surface area contributed by atoms with Gasteiger partial charge in [-0.15, -0.1) is 0 Å². The smallest absolute Gasteiger partial charge is 0.0897 e. The number of aryl methyl sites for hydroxylation is 1. The van der Waals surface area contributed by atoms with Crippen molar-refractivity contribution >= 4 is 0 Å². The molecule has 0 fully saturated rings. The molecular formula is C11H16FNO. The molecule has 0 radical (unpaired) electrons. The molecule has 14 heavy (non-hydrogen) atoms. The first kappa shape index (κ1) is 11.1. The Morgan fingerprint density at radius 3 is 2.43 bits per heavy atom. The summed E-state index contributed by atoms with van der Waals surface area (Å²) >= 11 is 0. The van der Waals surface area contributed by atoms with Gasteiger partial charge in [0.05, 0.1) is 19.3 Å². The molecule has 1 aromatic carbocycles. The normalized spacial score (nSPS) is 12.8.